The van der Waals surface area contributed by atoms with E-state index in [2.05, 4.69) is 12.6 Å². The fourth-order valence-electron chi connectivity index (χ4n) is 1.55. The number of carbonyl (C=O) groups is 1. The van der Waals surface area contributed by atoms with Crippen molar-refractivity contribution in [1.82, 2.24) is 0 Å². The van der Waals surface area contributed by atoms with E-state index in [4.69, 9.17) is 5.26 Å². The second-order valence-electron chi connectivity index (χ2n) is 3.54. The Kier molecular flexibility index (Phi) is 3.27. The van der Waals surface area contributed by atoms with Gasteiger partial charge in [0, 0.05) is 16.0 Å². The van der Waals surface area contributed by atoms with Gasteiger partial charge in [-0.05, 0) is 24.3 Å². The summed E-state index contributed by atoms with van der Waals surface area (Å²) in [5, 5.41) is 8.79. The molecule has 0 amide bonds. The number of carbonyl (C=O) groups excluding carboxylic acids is 1. The van der Waals surface area contributed by atoms with Crippen LogP contribution in [0.15, 0.2) is 53.4 Å². The third kappa shape index (κ3) is 2.38. The summed E-state index contributed by atoms with van der Waals surface area (Å²) in [7, 11) is 0. The first kappa shape index (κ1) is 11.4. The van der Waals surface area contributed by atoms with Crippen molar-refractivity contribution in [2.75, 3.05) is 0 Å². The average molecular weight is 239 g/mol. The second-order valence-corrected chi connectivity index (χ2v) is 4.02. The number of nitriles is 1. The molecule has 2 aromatic rings. The molecule has 0 heterocycles. The van der Waals surface area contributed by atoms with Crippen LogP contribution in [-0.2, 0) is 0 Å². The predicted octanol–water partition coefficient (Wildman–Crippen LogP) is 3.08. The number of ketones is 1. The quantitative estimate of drug-likeness (QED) is 0.646. The summed E-state index contributed by atoms with van der Waals surface area (Å²) in [4.78, 5) is 12.8. The van der Waals surface area contributed by atoms with E-state index in [0.717, 1.165) is 0 Å². The molecule has 0 bridgehead atoms. The fraction of sp³-hybridized carbons (Fsp3) is 0. The van der Waals surface area contributed by atoms with E-state index in [1.54, 1.807) is 42.5 Å². The molecule has 0 N–H and O–H groups in total. The van der Waals surface area contributed by atoms with Gasteiger partial charge >= 0.3 is 0 Å². The first-order chi connectivity index (χ1) is 8.22. The van der Waals surface area contributed by atoms with Crippen molar-refractivity contribution in [3.63, 3.8) is 0 Å². The lowest BCUT2D eigenvalue weighted by atomic mass is 10.0. The predicted molar refractivity (Wildman–Crippen MR) is 68.3 cm³/mol. The summed E-state index contributed by atoms with van der Waals surface area (Å²) in [5.74, 6) is -0.118. The Labute approximate surface area is 105 Å². The minimum atomic E-state index is -0.118. The molecule has 0 unspecified atom stereocenters. The Morgan fingerprint density at radius 1 is 1.12 bits per heavy atom. The maximum absolute atomic E-state index is 12.2. The van der Waals surface area contributed by atoms with Gasteiger partial charge in [-0.2, -0.15) is 5.26 Å². The summed E-state index contributed by atoms with van der Waals surface area (Å²) in [5.41, 5.74) is 1.53. The highest BCUT2D eigenvalue weighted by molar-refractivity contribution is 7.80. The summed E-state index contributed by atoms with van der Waals surface area (Å²) in [6, 6.07) is 15.8. The van der Waals surface area contributed by atoms with Crippen LogP contribution in [0.4, 0.5) is 0 Å². The monoisotopic (exact) mass is 239 g/mol. The number of hydrogen-bond acceptors (Lipinski definition) is 3. The van der Waals surface area contributed by atoms with Crippen molar-refractivity contribution < 1.29 is 4.79 Å². The largest absolute Gasteiger partial charge is 0.289 e. The first-order valence-corrected chi connectivity index (χ1v) is 5.50. The Hall–Kier alpha value is -2.05. The van der Waals surface area contributed by atoms with Gasteiger partial charge in [0.2, 0.25) is 0 Å². The molecule has 0 fully saturated rings. The Balaban J connectivity index is 2.45. The number of hydrogen-bond donors (Lipinski definition) is 1. The maximum Gasteiger partial charge on any atom is 0.194 e. The summed E-state index contributed by atoms with van der Waals surface area (Å²) >= 11 is 4.25. The van der Waals surface area contributed by atoms with Crippen LogP contribution in [0.25, 0.3) is 0 Å². The van der Waals surface area contributed by atoms with Crippen LogP contribution in [0.2, 0.25) is 0 Å². The molecule has 0 aliphatic carbocycles. The zero-order valence-electron chi connectivity index (χ0n) is 8.92. The lowest BCUT2D eigenvalue weighted by Gasteiger charge is -2.04. The molecule has 0 aromatic heterocycles. The number of thiol groups is 1. The van der Waals surface area contributed by atoms with E-state index in [0.29, 0.717) is 21.6 Å². The molecule has 2 rings (SSSR count). The summed E-state index contributed by atoms with van der Waals surface area (Å²) in [6.45, 7) is 0. The van der Waals surface area contributed by atoms with Gasteiger partial charge in [0.1, 0.15) is 0 Å². The zero-order valence-corrected chi connectivity index (χ0v) is 9.82. The average Bonchev–Trinajstić information content (AvgIpc) is 2.38. The summed E-state index contributed by atoms with van der Waals surface area (Å²) in [6.07, 6.45) is 0. The van der Waals surface area contributed by atoms with E-state index in [-0.39, 0.29) is 5.78 Å². The minimum Gasteiger partial charge on any atom is -0.289 e. The second kappa shape index (κ2) is 4.86. The summed E-state index contributed by atoms with van der Waals surface area (Å²) < 4.78 is 0. The van der Waals surface area contributed by atoms with Crippen LogP contribution < -0.4 is 0 Å². The fourth-order valence-corrected chi connectivity index (χ4v) is 1.81. The van der Waals surface area contributed by atoms with Crippen LogP contribution >= 0.6 is 12.6 Å². The van der Waals surface area contributed by atoms with Gasteiger partial charge in [0.15, 0.2) is 5.78 Å². The molecule has 17 heavy (non-hydrogen) atoms. The molecular weight excluding hydrogens is 230 g/mol. The van der Waals surface area contributed by atoms with Crippen LogP contribution in [0.3, 0.4) is 0 Å². The molecule has 0 saturated heterocycles. The molecule has 2 aromatic carbocycles. The molecule has 3 heteroatoms. The van der Waals surface area contributed by atoms with Crippen molar-refractivity contribution in [2.24, 2.45) is 0 Å². The molecule has 0 aliphatic rings. The van der Waals surface area contributed by atoms with Gasteiger partial charge in [-0.1, -0.05) is 24.3 Å². The van der Waals surface area contributed by atoms with Crippen molar-refractivity contribution in [3.05, 3.63) is 65.2 Å². The zero-order chi connectivity index (χ0) is 12.3. The topological polar surface area (TPSA) is 40.9 Å². The minimum absolute atomic E-state index is 0.118. The van der Waals surface area contributed by atoms with Gasteiger partial charge < -0.3 is 0 Å². The molecule has 0 spiro atoms. The van der Waals surface area contributed by atoms with Crippen LogP contribution in [0.5, 0.6) is 0 Å². The van der Waals surface area contributed by atoms with Crippen molar-refractivity contribution in [3.8, 4) is 6.07 Å². The normalized spacial score (nSPS) is 9.65. The molecule has 0 saturated carbocycles. The Morgan fingerprint density at radius 3 is 2.59 bits per heavy atom. The van der Waals surface area contributed by atoms with Crippen LogP contribution in [-0.4, -0.2) is 5.78 Å². The molecular formula is C14H9NOS. The standard InChI is InChI=1S/C14H9NOS/c15-9-10-4-3-5-11(8-10)14(16)12-6-1-2-7-13(12)17/h1-8,17H. The third-order valence-electron chi connectivity index (χ3n) is 2.40. The lowest BCUT2D eigenvalue weighted by molar-refractivity contribution is 0.103. The van der Waals surface area contributed by atoms with Gasteiger partial charge in [-0.25, -0.2) is 0 Å². The van der Waals surface area contributed by atoms with Crippen LogP contribution in [0.1, 0.15) is 21.5 Å². The van der Waals surface area contributed by atoms with E-state index < -0.39 is 0 Å². The lowest BCUT2D eigenvalue weighted by Crippen LogP contribution is -2.02. The SMILES string of the molecule is N#Cc1cccc(C(=O)c2ccccc2S)c1. The van der Waals surface area contributed by atoms with E-state index >= 15 is 0 Å². The van der Waals surface area contributed by atoms with Crippen molar-refractivity contribution >= 4 is 18.4 Å². The highest BCUT2D eigenvalue weighted by Gasteiger charge is 2.11. The van der Waals surface area contributed by atoms with E-state index in [1.807, 2.05) is 12.1 Å². The molecule has 0 aliphatic heterocycles. The smallest absolute Gasteiger partial charge is 0.194 e. The first-order valence-electron chi connectivity index (χ1n) is 5.05. The highest BCUT2D eigenvalue weighted by atomic mass is 32.1. The van der Waals surface area contributed by atoms with Gasteiger partial charge in [-0.15, -0.1) is 12.6 Å². The Bertz CT molecular complexity index is 614. The number of benzene rings is 2. The van der Waals surface area contributed by atoms with E-state index in [1.165, 1.54) is 0 Å². The molecule has 2 nitrogen and oxygen atoms in total. The number of rotatable bonds is 2. The van der Waals surface area contributed by atoms with Crippen LogP contribution in [0, 0.1) is 11.3 Å². The van der Waals surface area contributed by atoms with Gasteiger partial charge in [0.05, 0.1) is 11.6 Å². The molecule has 0 radical (unpaired) electrons. The van der Waals surface area contributed by atoms with Crippen molar-refractivity contribution in [1.29, 1.82) is 5.26 Å². The number of nitrogens with zero attached hydrogens (tertiary/aromatic N) is 1. The highest BCUT2D eigenvalue weighted by Crippen LogP contribution is 2.18. The maximum atomic E-state index is 12.2. The van der Waals surface area contributed by atoms with Gasteiger partial charge in [-0.3, -0.25) is 4.79 Å². The molecule has 0 atom stereocenters. The van der Waals surface area contributed by atoms with Gasteiger partial charge in [0.25, 0.3) is 0 Å². The van der Waals surface area contributed by atoms with E-state index in [9.17, 15) is 4.79 Å². The molecule has 82 valence electrons. The Morgan fingerprint density at radius 2 is 1.88 bits per heavy atom. The van der Waals surface area contributed by atoms with Crippen molar-refractivity contribution in [2.45, 2.75) is 4.90 Å². The third-order valence-corrected chi connectivity index (χ3v) is 2.79.